The SMILES string of the molecule is CCNC(Cc1cccc(C)c1)c1cc(C)cc(Br)c1. The summed E-state index contributed by atoms with van der Waals surface area (Å²) < 4.78 is 1.15. The third-order valence-electron chi connectivity index (χ3n) is 3.44. The minimum absolute atomic E-state index is 0.359. The van der Waals surface area contributed by atoms with E-state index in [0.29, 0.717) is 6.04 Å². The number of benzene rings is 2. The standard InChI is InChI=1S/C18H22BrN/c1-4-20-18(11-15-7-5-6-13(2)8-15)16-9-14(3)10-17(19)12-16/h5-10,12,18,20H,4,11H2,1-3H3. The first-order valence-corrected chi connectivity index (χ1v) is 7.94. The second-order valence-corrected chi connectivity index (χ2v) is 6.28. The van der Waals surface area contributed by atoms with E-state index in [0.717, 1.165) is 17.4 Å². The van der Waals surface area contributed by atoms with Crippen molar-refractivity contribution < 1.29 is 0 Å². The first kappa shape index (κ1) is 15.3. The first-order chi connectivity index (χ1) is 9.58. The van der Waals surface area contributed by atoms with Crippen LogP contribution in [0.4, 0.5) is 0 Å². The monoisotopic (exact) mass is 331 g/mol. The molecule has 0 aromatic heterocycles. The molecule has 2 aromatic rings. The molecule has 2 aromatic carbocycles. The molecule has 0 radical (unpaired) electrons. The van der Waals surface area contributed by atoms with Crippen LogP contribution < -0.4 is 5.32 Å². The molecule has 2 rings (SSSR count). The molecule has 0 fully saturated rings. The Bertz CT molecular complexity index is 557. The van der Waals surface area contributed by atoms with Crippen molar-refractivity contribution in [2.45, 2.75) is 33.2 Å². The lowest BCUT2D eigenvalue weighted by molar-refractivity contribution is 0.549. The zero-order chi connectivity index (χ0) is 14.5. The van der Waals surface area contributed by atoms with E-state index in [2.05, 4.69) is 84.5 Å². The minimum atomic E-state index is 0.359. The average Bonchev–Trinajstić information content (AvgIpc) is 2.37. The van der Waals surface area contributed by atoms with Crippen LogP contribution in [0.25, 0.3) is 0 Å². The van der Waals surface area contributed by atoms with Crippen LogP contribution in [-0.2, 0) is 6.42 Å². The normalized spacial score (nSPS) is 12.4. The van der Waals surface area contributed by atoms with E-state index in [9.17, 15) is 0 Å². The largest absolute Gasteiger partial charge is 0.310 e. The van der Waals surface area contributed by atoms with Gasteiger partial charge in [-0.2, -0.15) is 0 Å². The summed E-state index contributed by atoms with van der Waals surface area (Å²) in [4.78, 5) is 0. The van der Waals surface area contributed by atoms with Gasteiger partial charge in [-0.25, -0.2) is 0 Å². The molecule has 20 heavy (non-hydrogen) atoms. The van der Waals surface area contributed by atoms with Crippen LogP contribution in [0.5, 0.6) is 0 Å². The summed E-state index contributed by atoms with van der Waals surface area (Å²) in [6, 6.07) is 15.8. The second-order valence-electron chi connectivity index (χ2n) is 5.37. The van der Waals surface area contributed by atoms with Gasteiger partial charge in [0.05, 0.1) is 0 Å². The predicted octanol–water partition coefficient (Wildman–Crippen LogP) is 4.96. The molecule has 0 aliphatic rings. The summed E-state index contributed by atoms with van der Waals surface area (Å²) in [5.74, 6) is 0. The van der Waals surface area contributed by atoms with Crippen molar-refractivity contribution >= 4 is 15.9 Å². The van der Waals surface area contributed by atoms with Crippen LogP contribution in [0.3, 0.4) is 0 Å². The predicted molar refractivity (Wildman–Crippen MR) is 90.2 cm³/mol. The van der Waals surface area contributed by atoms with Crippen LogP contribution in [0.1, 0.15) is 35.2 Å². The highest BCUT2D eigenvalue weighted by molar-refractivity contribution is 9.10. The molecular weight excluding hydrogens is 310 g/mol. The van der Waals surface area contributed by atoms with E-state index in [4.69, 9.17) is 0 Å². The quantitative estimate of drug-likeness (QED) is 0.816. The lowest BCUT2D eigenvalue weighted by atomic mass is 9.97. The molecule has 0 aliphatic heterocycles. The summed E-state index contributed by atoms with van der Waals surface area (Å²) in [5.41, 5.74) is 5.35. The Morgan fingerprint density at radius 3 is 2.50 bits per heavy atom. The summed E-state index contributed by atoms with van der Waals surface area (Å²) in [5, 5.41) is 3.60. The molecule has 0 saturated carbocycles. The molecule has 0 saturated heterocycles. The molecule has 2 heteroatoms. The van der Waals surface area contributed by atoms with Gasteiger partial charge in [-0.3, -0.25) is 0 Å². The lowest BCUT2D eigenvalue weighted by Crippen LogP contribution is -2.23. The average molecular weight is 332 g/mol. The maximum atomic E-state index is 3.60. The number of likely N-dealkylation sites (N-methyl/N-ethyl adjacent to an activating group) is 1. The van der Waals surface area contributed by atoms with Crippen LogP contribution in [0, 0.1) is 13.8 Å². The third kappa shape index (κ3) is 4.19. The van der Waals surface area contributed by atoms with Crippen molar-refractivity contribution in [1.82, 2.24) is 5.32 Å². The van der Waals surface area contributed by atoms with Gasteiger partial charge >= 0.3 is 0 Å². The Balaban J connectivity index is 2.26. The topological polar surface area (TPSA) is 12.0 Å². The van der Waals surface area contributed by atoms with Gasteiger partial charge < -0.3 is 5.32 Å². The van der Waals surface area contributed by atoms with Gasteiger partial charge in [0.15, 0.2) is 0 Å². The summed E-state index contributed by atoms with van der Waals surface area (Å²) in [7, 11) is 0. The first-order valence-electron chi connectivity index (χ1n) is 7.14. The highest BCUT2D eigenvalue weighted by atomic mass is 79.9. The van der Waals surface area contributed by atoms with E-state index in [1.165, 1.54) is 22.3 Å². The van der Waals surface area contributed by atoms with Gasteiger partial charge in [0.2, 0.25) is 0 Å². The molecule has 0 heterocycles. The van der Waals surface area contributed by atoms with Crippen molar-refractivity contribution in [3.8, 4) is 0 Å². The second kappa shape index (κ2) is 7.05. The summed E-state index contributed by atoms with van der Waals surface area (Å²) >= 11 is 3.60. The highest BCUT2D eigenvalue weighted by Gasteiger charge is 2.12. The lowest BCUT2D eigenvalue weighted by Gasteiger charge is -2.20. The molecule has 106 valence electrons. The van der Waals surface area contributed by atoms with Crippen molar-refractivity contribution in [3.63, 3.8) is 0 Å². The molecule has 1 N–H and O–H groups in total. The van der Waals surface area contributed by atoms with Crippen LogP contribution in [-0.4, -0.2) is 6.54 Å². The van der Waals surface area contributed by atoms with E-state index < -0.39 is 0 Å². The zero-order valence-electron chi connectivity index (χ0n) is 12.4. The Labute approximate surface area is 130 Å². The summed E-state index contributed by atoms with van der Waals surface area (Å²) in [6.45, 7) is 7.43. The summed E-state index contributed by atoms with van der Waals surface area (Å²) in [6.07, 6.45) is 1.02. The number of hydrogen-bond acceptors (Lipinski definition) is 1. The fourth-order valence-electron chi connectivity index (χ4n) is 2.59. The van der Waals surface area contributed by atoms with Crippen molar-refractivity contribution in [1.29, 1.82) is 0 Å². The van der Waals surface area contributed by atoms with Gasteiger partial charge in [-0.05, 0) is 55.6 Å². The van der Waals surface area contributed by atoms with E-state index in [1.54, 1.807) is 0 Å². The number of halogens is 1. The van der Waals surface area contributed by atoms with Crippen LogP contribution in [0.15, 0.2) is 46.9 Å². The van der Waals surface area contributed by atoms with Crippen LogP contribution >= 0.6 is 15.9 Å². The van der Waals surface area contributed by atoms with Crippen molar-refractivity contribution in [2.24, 2.45) is 0 Å². The van der Waals surface area contributed by atoms with Gasteiger partial charge in [-0.15, -0.1) is 0 Å². The molecule has 1 atom stereocenters. The van der Waals surface area contributed by atoms with Gasteiger partial charge in [-0.1, -0.05) is 58.7 Å². The fraction of sp³-hybridized carbons (Fsp3) is 0.333. The Morgan fingerprint density at radius 2 is 1.85 bits per heavy atom. The smallest absolute Gasteiger partial charge is 0.0361 e. The van der Waals surface area contributed by atoms with Crippen molar-refractivity contribution in [3.05, 3.63) is 69.2 Å². The number of aryl methyl sites for hydroxylation is 2. The number of rotatable bonds is 5. The van der Waals surface area contributed by atoms with E-state index in [1.807, 2.05) is 0 Å². The van der Waals surface area contributed by atoms with Crippen LogP contribution in [0.2, 0.25) is 0 Å². The maximum absolute atomic E-state index is 3.60. The maximum Gasteiger partial charge on any atom is 0.0361 e. The molecule has 0 spiro atoms. The Kier molecular flexibility index (Phi) is 5.38. The molecule has 0 bridgehead atoms. The highest BCUT2D eigenvalue weighted by Crippen LogP contribution is 2.24. The zero-order valence-corrected chi connectivity index (χ0v) is 14.0. The third-order valence-corrected chi connectivity index (χ3v) is 3.90. The Morgan fingerprint density at radius 1 is 1.05 bits per heavy atom. The molecule has 1 unspecified atom stereocenters. The van der Waals surface area contributed by atoms with E-state index >= 15 is 0 Å². The molecule has 1 nitrogen and oxygen atoms in total. The van der Waals surface area contributed by atoms with Crippen molar-refractivity contribution in [2.75, 3.05) is 6.54 Å². The van der Waals surface area contributed by atoms with Gasteiger partial charge in [0, 0.05) is 10.5 Å². The van der Waals surface area contributed by atoms with Gasteiger partial charge in [0.25, 0.3) is 0 Å². The Hall–Kier alpha value is -1.12. The minimum Gasteiger partial charge on any atom is -0.310 e. The van der Waals surface area contributed by atoms with E-state index in [-0.39, 0.29) is 0 Å². The number of nitrogens with one attached hydrogen (secondary N) is 1. The fourth-order valence-corrected chi connectivity index (χ4v) is 3.22. The molecule has 0 amide bonds. The van der Waals surface area contributed by atoms with Gasteiger partial charge in [0.1, 0.15) is 0 Å². The number of hydrogen-bond donors (Lipinski definition) is 1. The molecule has 0 aliphatic carbocycles. The molecular formula is C18H22BrN.